The Bertz CT molecular complexity index is 558. The SMILES string of the molecule is O[C@H](CN1CCC[C@@H]1Cn1cncn1)c1ccc(F)cc1. The van der Waals surface area contributed by atoms with Crippen molar-refractivity contribution in [2.45, 2.75) is 31.5 Å². The number of hydrogen-bond acceptors (Lipinski definition) is 4. The van der Waals surface area contributed by atoms with Crippen LogP contribution in [0.1, 0.15) is 24.5 Å². The van der Waals surface area contributed by atoms with Gasteiger partial charge in [-0.25, -0.2) is 9.37 Å². The first kappa shape index (κ1) is 14.2. The van der Waals surface area contributed by atoms with Gasteiger partial charge in [0.1, 0.15) is 18.5 Å². The first-order valence-corrected chi connectivity index (χ1v) is 7.22. The number of likely N-dealkylation sites (tertiary alicyclic amines) is 1. The van der Waals surface area contributed by atoms with E-state index < -0.39 is 6.10 Å². The quantitative estimate of drug-likeness (QED) is 0.909. The lowest BCUT2D eigenvalue weighted by atomic mass is 10.1. The van der Waals surface area contributed by atoms with Crippen LogP contribution in [0.2, 0.25) is 0 Å². The van der Waals surface area contributed by atoms with Gasteiger partial charge in [-0.15, -0.1) is 0 Å². The second-order valence-corrected chi connectivity index (χ2v) is 5.48. The molecule has 2 atom stereocenters. The highest BCUT2D eigenvalue weighted by atomic mass is 19.1. The van der Waals surface area contributed by atoms with Gasteiger partial charge < -0.3 is 5.11 Å². The maximum atomic E-state index is 12.9. The van der Waals surface area contributed by atoms with Crippen molar-refractivity contribution in [3.63, 3.8) is 0 Å². The van der Waals surface area contributed by atoms with Gasteiger partial charge in [-0.1, -0.05) is 12.1 Å². The average molecular weight is 290 g/mol. The number of benzene rings is 1. The molecule has 0 bridgehead atoms. The lowest BCUT2D eigenvalue weighted by Gasteiger charge is -2.26. The minimum atomic E-state index is -0.595. The van der Waals surface area contributed by atoms with Gasteiger partial charge in [-0.2, -0.15) is 5.10 Å². The molecule has 1 aromatic heterocycles. The largest absolute Gasteiger partial charge is 0.387 e. The molecule has 3 rings (SSSR count). The van der Waals surface area contributed by atoms with E-state index in [9.17, 15) is 9.50 Å². The fraction of sp³-hybridized carbons (Fsp3) is 0.467. The first-order chi connectivity index (χ1) is 10.2. The lowest BCUT2D eigenvalue weighted by molar-refractivity contribution is 0.100. The van der Waals surface area contributed by atoms with Gasteiger partial charge in [0, 0.05) is 12.6 Å². The van der Waals surface area contributed by atoms with E-state index >= 15 is 0 Å². The number of hydrogen-bond donors (Lipinski definition) is 1. The minimum absolute atomic E-state index is 0.281. The van der Waals surface area contributed by atoms with E-state index in [-0.39, 0.29) is 5.82 Å². The molecule has 1 aromatic carbocycles. The first-order valence-electron chi connectivity index (χ1n) is 7.22. The molecule has 1 saturated heterocycles. The summed E-state index contributed by atoms with van der Waals surface area (Å²) in [5.41, 5.74) is 0.753. The van der Waals surface area contributed by atoms with Gasteiger partial charge in [0.2, 0.25) is 0 Å². The van der Waals surface area contributed by atoms with Crippen molar-refractivity contribution in [1.82, 2.24) is 19.7 Å². The standard InChI is InChI=1S/C15H19FN4O/c16-13-5-3-12(4-6-13)15(21)9-19-7-1-2-14(19)8-20-11-17-10-18-20/h3-6,10-11,14-15,21H,1-2,7-9H2/t14-,15-/m1/s1. The third-order valence-electron chi connectivity index (χ3n) is 4.03. The summed E-state index contributed by atoms with van der Waals surface area (Å²) >= 11 is 0. The molecule has 0 amide bonds. The number of rotatable bonds is 5. The molecule has 1 aliphatic rings. The van der Waals surface area contributed by atoms with Crippen LogP contribution in [-0.2, 0) is 6.54 Å². The zero-order chi connectivity index (χ0) is 14.7. The number of nitrogens with zero attached hydrogens (tertiary/aromatic N) is 4. The van der Waals surface area contributed by atoms with Crippen LogP contribution in [0.5, 0.6) is 0 Å². The van der Waals surface area contributed by atoms with E-state index in [2.05, 4.69) is 15.0 Å². The Morgan fingerprint density at radius 2 is 2.14 bits per heavy atom. The molecule has 5 nitrogen and oxygen atoms in total. The Morgan fingerprint density at radius 1 is 1.33 bits per heavy atom. The number of β-amino-alcohol motifs (C(OH)–C–C–N with tert-alkyl or cyclic N) is 1. The Hall–Kier alpha value is -1.79. The molecular formula is C15H19FN4O. The van der Waals surface area contributed by atoms with E-state index in [0.717, 1.165) is 31.5 Å². The van der Waals surface area contributed by atoms with Gasteiger partial charge in [0.15, 0.2) is 0 Å². The van der Waals surface area contributed by atoms with Gasteiger partial charge in [0.05, 0.1) is 12.6 Å². The van der Waals surface area contributed by atoms with E-state index in [1.54, 1.807) is 18.5 Å². The van der Waals surface area contributed by atoms with Crippen molar-refractivity contribution in [2.75, 3.05) is 13.1 Å². The van der Waals surface area contributed by atoms with Crippen molar-refractivity contribution in [1.29, 1.82) is 0 Å². The molecule has 0 aliphatic carbocycles. The molecule has 1 N–H and O–H groups in total. The third kappa shape index (κ3) is 3.46. The summed E-state index contributed by atoms with van der Waals surface area (Å²) in [6, 6.07) is 6.41. The predicted molar refractivity (Wildman–Crippen MR) is 76.0 cm³/mol. The van der Waals surface area contributed by atoms with Crippen molar-refractivity contribution < 1.29 is 9.50 Å². The van der Waals surface area contributed by atoms with E-state index in [4.69, 9.17) is 0 Å². The summed E-state index contributed by atoms with van der Waals surface area (Å²) in [6.07, 6.45) is 4.87. The highest BCUT2D eigenvalue weighted by Crippen LogP contribution is 2.23. The maximum Gasteiger partial charge on any atom is 0.137 e. The van der Waals surface area contributed by atoms with Crippen LogP contribution in [0.4, 0.5) is 4.39 Å². The van der Waals surface area contributed by atoms with Crippen molar-refractivity contribution in [3.8, 4) is 0 Å². The molecule has 2 aromatic rings. The van der Waals surface area contributed by atoms with Crippen molar-refractivity contribution >= 4 is 0 Å². The predicted octanol–water partition coefficient (Wildman–Crippen LogP) is 1.62. The molecule has 2 heterocycles. The van der Waals surface area contributed by atoms with Crippen molar-refractivity contribution in [2.24, 2.45) is 0 Å². The molecule has 0 spiro atoms. The van der Waals surface area contributed by atoms with Gasteiger partial charge >= 0.3 is 0 Å². The van der Waals surface area contributed by atoms with Gasteiger partial charge in [0.25, 0.3) is 0 Å². The second-order valence-electron chi connectivity index (χ2n) is 5.48. The molecule has 6 heteroatoms. The highest BCUT2D eigenvalue weighted by molar-refractivity contribution is 5.18. The van der Waals surface area contributed by atoms with Crippen LogP contribution in [0.25, 0.3) is 0 Å². The maximum absolute atomic E-state index is 12.9. The molecule has 1 fully saturated rings. The summed E-state index contributed by atoms with van der Waals surface area (Å²) < 4.78 is 14.7. The Labute approximate surface area is 123 Å². The number of halogens is 1. The van der Waals surface area contributed by atoms with Crippen LogP contribution >= 0.6 is 0 Å². The van der Waals surface area contributed by atoms with Crippen LogP contribution < -0.4 is 0 Å². The highest BCUT2D eigenvalue weighted by Gasteiger charge is 2.27. The number of aliphatic hydroxyl groups is 1. The van der Waals surface area contributed by atoms with E-state index in [0.29, 0.717) is 12.6 Å². The van der Waals surface area contributed by atoms with Crippen molar-refractivity contribution in [3.05, 3.63) is 48.3 Å². The third-order valence-corrected chi connectivity index (χ3v) is 4.03. The van der Waals surface area contributed by atoms with Crippen LogP contribution in [0, 0.1) is 5.82 Å². The molecular weight excluding hydrogens is 271 g/mol. The zero-order valence-corrected chi connectivity index (χ0v) is 11.8. The fourth-order valence-electron chi connectivity index (χ4n) is 2.90. The lowest BCUT2D eigenvalue weighted by Crippen LogP contribution is -2.36. The summed E-state index contributed by atoms with van der Waals surface area (Å²) in [7, 11) is 0. The second kappa shape index (κ2) is 6.32. The fourth-order valence-corrected chi connectivity index (χ4v) is 2.90. The smallest absolute Gasteiger partial charge is 0.137 e. The molecule has 0 saturated carbocycles. The summed E-state index contributed by atoms with van der Waals surface area (Å²) in [6.45, 7) is 2.32. The monoisotopic (exact) mass is 290 g/mol. The Morgan fingerprint density at radius 3 is 2.86 bits per heavy atom. The summed E-state index contributed by atoms with van der Waals surface area (Å²) in [5, 5.41) is 14.5. The van der Waals surface area contributed by atoms with Crippen LogP contribution in [0.3, 0.4) is 0 Å². The molecule has 1 aliphatic heterocycles. The number of aliphatic hydroxyl groups excluding tert-OH is 1. The van der Waals surface area contributed by atoms with Crippen LogP contribution in [0.15, 0.2) is 36.9 Å². The van der Waals surface area contributed by atoms with Crippen LogP contribution in [-0.4, -0.2) is 43.9 Å². The zero-order valence-electron chi connectivity index (χ0n) is 11.8. The van der Waals surface area contributed by atoms with E-state index in [1.807, 2.05) is 4.68 Å². The topological polar surface area (TPSA) is 54.2 Å². The molecule has 21 heavy (non-hydrogen) atoms. The molecule has 0 radical (unpaired) electrons. The molecule has 112 valence electrons. The summed E-state index contributed by atoms with van der Waals surface area (Å²) in [5.74, 6) is -0.281. The van der Waals surface area contributed by atoms with Gasteiger partial charge in [-0.3, -0.25) is 9.58 Å². The number of aromatic nitrogens is 3. The molecule has 0 unspecified atom stereocenters. The minimum Gasteiger partial charge on any atom is -0.387 e. The normalized spacial score (nSPS) is 20.8. The van der Waals surface area contributed by atoms with Gasteiger partial charge in [-0.05, 0) is 37.1 Å². The Balaban J connectivity index is 1.61. The van der Waals surface area contributed by atoms with E-state index in [1.165, 1.54) is 18.5 Å². The average Bonchev–Trinajstić information content (AvgIpc) is 3.13. The summed E-state index contributed by atoms with van der Waals surface area (Å²) in [4.78, 5) is 6.23. The Kier molecular flexibility index (Phi) is 4.26.